The quantitative estimate of drug-likeness (QED) is 0.713. The zero-order valence-electron chi connectivity index (χ0n) is 10.0. The van der Waals surface area contributed by atoms with Crippen molar-refractivity contribution in [3.63, 3.8) is 0 Å². The summed E-state index contributed by atoms with van der Waals surface area (Å²) < 4.78 is 2.20. The molecule has 0 atom stereocenters. The lowest BCUT2D eigenvalue weighted by molar-refractivity contribution is 0.527. The number of hydrogen-bond donors (Lipinski definition) is 0. The van der Waals surface area contributed by atoms with E-state index in [9.17, 15) is 0 Å². The summed E-state index contributed by atoms with van der Waals surface area (Å²) in [4.78, 5) is 3.32. The predicted molar refractivity (Wildman–Crippen MR) is 75.4 cm³/mol. The van der Waals surface area contributed by atoms with Crippen LogP contribution in [0.5, 0.6) is 0 Å². The summed E-state index contributed by atoms with van der Waals surface area (Å²) in [5, 5.41) is 1.27. The Morgan fingerprint density at radius 2 is 1.88 bits per heavy atom. The van der Waals surface area contributed by atoms with Crippen LogP contribution in [0.3, 0.4) is 0 Å². The van der Waals surface area contributed by atoms with Crippen LogP contribution in [-0.2, 0) is 7.05 Å². The molecule has 0 aliphatic carbocycles. The summed E-state index contributed by atoms with van der Waals surface area (Å²) >= 11 is 5.61. The first-order valence-corrected chi connectivity index (χ1v) is 6.52. The van der Waals surface area contributed by atoms with E-state index in [2.05, 4.69) is 46.8 Å². The molecule has 3 heteroatoms. The highest BCUT2D eigenvalue weighted by Crippen LogP contribution is 2.21. The molecule has 0 N–H and O–H groups in total. The molecule has 0 saturated carbocycles. The van der Waals surface area contributed by atoms with Crippen molar-refractivity contribution in [1.82, 2.24) is 9.47 Å². The highest BCUT2D eigenvalue weighted by atomic mass is 32.1. The van der Waals surface area contributed by atoms with Crippen molar-refractivity contribution in [3.05, 3.63) is 36.0 Å². The van der Waals surface area contributed by atoms with Gasteiger partial charge in [0.1, 0.15) is 4.99 Å². The Bertz CT molecular complexity index is 565. The molecule has 88 valence electrons. The summed E-state index contributed by atoms with van der Waals surface area (Å²) in [6.07, 6.45) is 2.54. The number of fused-ring (bicyclic) bond motifs is 1. The molecule has 1 aromatic carbocycles. The Hall–Kier alpha value is -1.35. The smallest absolute Gasteiger partial charge is 0.125 e. The fourth-order valence-corrected chi connectivity index (χ4v) is 2.95. The average molecular weight is 244 g/mol. The van der Waals surface area contributed by atoms with Gasteiger partial charge < -0.3 is 9.47 Å². The predicted octanol–water partition coefficient (Wildman–Crippen LogP) is 2.95. The Balaban J connectivity index is 2.05. The van der Waals surface area contributed by atoms with Gasteiger partial charge in [0, 0.05) is 31.0 Å². The first-order valence-electron chi connectivity index (χ1n) is 6.11. The maximum atomic E-state index is 5.61. The van der Waals surface area contributed by atoms with Gasteiger partial charge in [-0.2, -0.15) is 0 Å². The highest BCUT2D eigenvalue weighted by molar-refractivity contribution is 7.80. The first kappa shape index (κ1) is 10.8. The van der Waals surface area contributed by atoms with E-state index in [-0.39, 0.29) is 0 Å². The van der Waals surface area contributed by atoms with Crippen molar-refractivity contribution in [2.24, 2.45) is 7.05 Å². The summed E-state index contributed by atoms with van der Waals surface area (Å²) in [6, 6.07) is 10.6. The zero-order valence-corrected chi connectivity index (χ0v) is 10.8. The SMILES string of the molecule is Cn1c(C(=S)N2CCCC2)cc2ccccc21. The summed E-state index contributed by atoms with van der Waals surface area (Å²) in [5.41, 5.74) is 2.42. The second-order valence-corrected chi connectivity index (χ2v) is 5.03. The number of thiocarbonyl (C=S) groups is 1. The molecular weight excluding hydrogens is 228 g/mol. The fourth-order valence-electron chi connectivity index (χ4n) is 2.58. The second-order valence-electron chi connectivity index (χ2n) is 4.65. The van der Waals surface area contributed by atoms with Crippen LogP contribution in [0.25, 0.3) is 10.9 Å². The molecule has 2 nitrogen and oxygen atoms in total. The van der Waals surface area contributed by atoms with Gasteiger partial charge in [-0.15, -0.1) is 0 Å². The van der Waals surface area contributed by atoms with E-state index >= 15 is 0 Å². The molecule has 17 heavy (non-hydrogen) atoms. The number of hydrogen-bond acceptors (Lipinski definition) is 1. The maximum Gasteiger partial charge on any atom is 0.125 e. The molecule has 1 saturated heterocycles. The van der Waals surface area contributed by atoms with Crippen molar-refractivity contribution >= 4 is 28.1 Å². The van der Waals surface area contributed by atoms with Crippen LogP contribution in [0, 0.1) is 0 Å². The van der Waals surface area contributed by atoms with Crippen LogP contribution in [0.1, 0.15) is 18.5 Å². The number of para-hydroxylation sites is 1. The Kier molecular flexibility index (Phi) is 2.63. The average Bonchev–Trinajstić information content (AvgIpc) is 2.97. The standard InChI is InChI=1S/C14H16N2S/c1-15-12-7-3-2-6-11(12)10-13(15)14(17)16-8-4-5-9-16/h2-3,6-7,10H,4-5,8-9H2,1H3. The summed E-state index contributed by atoms with van der Waals surface area (Å²) in [7, 11) is 2.10. The maximum absolute atomic E-state index is 5.61. The van der Waals surface area contributed by atoms with Gasteiger partial charge in [-0.25, -0.2) is 0 Å². The third kappa shape index (κ3) is 1.75. The van der Waals surface area contributed by atoms with Crippen LogP contribution in [0.4, 0.5) is 0 Å². The van der Waals surface area contributed by atoms with Crippen molar-refractivity contribution in [2.45, 2.75) is 12.8 Å². The number of rotatable bonds is 1. The molecule has 0 bridgehead atoms. The molecule has 1 aliphatic heterocycles. The van der Waals surface area contributed by atoms with Crippen LogP contribution in [-0.4, -0.2) is 27.5 Å². The number of aryl methyl sites for hydroxylation is 1. The minimum atomic E-state index is 1.00. The van der Waals surface area contributed by atoms with Crippen LogP contribution in [0.2, 0.25) is 0 Å². The van der Waals surface area contributed by atoms with Crippen LogP contribution < -0.4 is 0 Å². The van der Waals surface area contributed by atoms with Gasteiger partial charge in [0.05, 0.1) is 5.69 Å². The van der Waals surface area contributed by atoms with E-state index in [1.807, 2.05) is 0 Å². The molecule has 2 aromatic rings. The number of nitrogens with zero attached hydrogens (tertiary/aromatic N) is 2. The van der Waals surface area contributed by atoms with Gasteiger partial charge >= 0.3 is 0 Å². The number of benzene rings is 1. The molecule has 0 radical (unpaired) electrons. The van der Waals surface area contributed by atoms with E-state index < -0.39 is 0 Å². The van der Waals surface area contributed by atoms with Crippen LogP contribution in [0.15, 0.2) is 30.3 Å². The lowest BCUT2D eigenvalue weighted by Crippen LogP contribution is -2.28. The summed E-state index contributed by atoms with van der Waals surface area (Å²) in [6.45, 7) is 2.22. The van der Waals surface area contributed by atoms with Gasteiger partial charge in [-0.3, -0.25) is 0 Å². The lowest BCUT2D eigenvalue weighted by Gasteiger charge is -2.18. The third-order valence-electron chi connectivity index (χ3n) is 3.56. The fraction of sp³-hybridized carbons (Fsp3) is 0.357. The third-order valence-corrected chi connectivity index (χ3v) is 4.03. The molecule has 1 aliphatic rings. The summed E-state index contributed by atoms with van der Waals surface area (Å²) in [5.74, 6) is 0. The minimum Gasteiger partial charge on any atom is -0.361 e. The lowest BCUT2D eigenvalue weighted by atomic mass is 10.2. The molecule has 0 spiro atoms. The molecule has 0 unspecified atom stereocenters. The van der Waals surface area contributed by atoms with Crippen molar-refractivity contribution in [3.8, 4) is 0 Å². The van der Waals surface area contributed by atoms with E-state index in [0.29, 0.717) is 0 Å². The number of likely N-dealkylation sites (tertiary alicyclic amines) is 1. The number of aromatic nitrogens is 1. The van der Waals surface area contributed by atoms with Crippen molar-refractivity contribution in [2.75, 3.05) is 13.1 Å². The molecule has 2 heterocycles. The monoisotopic (exact) mass is 244 g/mol. The Labute approximate surface area is 107 Å². The minimum absolute atomic E-state index is 1.00. The molecular formula is C14H16N2S. The molecule has 1 aromatic heterocycles. The normalized spacial score (nSPS) is 15.7. The van der Waals surface area contributed by atoms with E-state index in [4.69, 9.17) is 12.2 Å². The van der Waals surface area contributed by atoms with E-state index in [0.717, 1.165) is 18.1 Å². The Morgan fingerprint density at radius 1 is 1.18 bits per heavy atom. The topological polar surface area (TPSA) is 8.17 Å². The van der Waals surface area contributed by atoms with Gasteiger partial charge in [0.25, 0.3) is 0 Å². The largest absolute Gasteiger partial charge is 0.361 e. The molecule has 0 amide bonds. The zero-order chi connectivity index (χ0) is 11.8. The van der Waals surface area contributed by atoms with Gasteiger partial charge in [-0.1, -0.05) is 30.4 Å². The first-order chi connectivity index (χ1) is 8.27. The molecule has 3 rings (SSSR count). The van der Waals surface area contributed by atoms with Crippen LogP contribution >= 0.6 is 12.2 Å². The van der Waals surface area contributed by atoms with E-state index in [1.165, 1.54) is 29.4 Å². The Morgan fingerprint density at radius 3 is 2.59 bits per heavy atom. The highest BCUT2D eigenvalue weighted by Gasteiger charge is 2.19. The van der Waals surface area contributed by atoms with E-state index in [1.54, 1.807) is 0 Å². The van der Waals surface area contributed by atoms with Gasteiger partial charge in [0.2, 0.25) is 0 Å². The van der Waals surface area contributed by atoms with Crippen molar-refractivity contribution in [1.29, 1.82) is 0 Å². The molecule has 1 fully saturated rings. The van der Waals surface area contributed by atoms with Gasteiger partial charge in [0.15, 0.2) is 0 Å². The second kappa shape index (κ2) is 4.15. The van der Waals surface area contributed by atoms with Gasteiger partial charge in [-0.05, 0) is 25.0 Å². The van der Waals surface area contributed by atoms with Crippen molar-refractivity contribution < 1.29 is 0 Å².